The van der Waals surface area contributed by atoms with Gasteiger partial charge in [0.05, 0.1) is 12.6 Å². The van der Waals surface area contributed by atoms with E-state index in [2.05, 4.69) is 62.6 Å². The minimum atomic E-state index is -0.231. The highest BCUT2D eigenvalue weighted by molar-refractivity contribution is 5.70. The number of hydrogen-bond donors (Lipinski definition) is 0. The van der Waals surface area contributed by atoms with Crippen LogP contribution in [0.4, 0.5) is 5.69 Å². The second kappa shape index (κ2) is 8.03. The highest BCUT2D eigenvalue weighted by Crippen LogP contribution is 2.44. The Bertz CT molecular complexity index is 1140. The van der Waals surface area contributed by atoms with Crippen LogP contribution in [0.15, 0.2) is 53.1 Å². The molecule has 0 bridgehead atoms. The van der Waals surface area contributed by atoms with Gasteiger partial charge in [0.15, 0.2) is 0 Å². The zero-order valence-electron chi connectivity index (χ0n) is 19.7. The summed E-state index contributed by atoms with van der Waals surface area (Å²) in [5, 5.41) is 9.36. The summed E-state index contributed by atoms with van der Waals surface area (Å²) in [6.45, 7) is 20.5. The lowest BCUT2D eigenvalue weighted by molar-refractivity contribution is 0.223. The van der Waals surface area contributed by atoms with Gasteiger partial charge >= 0.3 is 0 Å². The third kappa shape index (κ3) is 4.11. The van der Waals surface area contributed by atoms with Crippen molar-refractivity contribution < 1.29 is 4.74 Å². The Morgan fingerprint density at radius 2 is 2.00 bits per heavy atom. The van der Waals surface area contributed by atoms with E-state index in [-0.39, 0.29) is 16.5 Å². The number of anilines is 1. The molecule has 4 nitrogen and oxygen atoms in total. The Morgan fingerprint density at radius 3 is 2.69 bits per heavy atom. The van der Waals surface area contributed by atoms with Crippen molar-refractivity contribution in [1.29, 1.82) is 5.26 Å². The molecule has 0 aromatic heterocycles. The van der Waals surface area contributed by atoms with Gasteiger partial charge in [-0.2, -0.15) is 0 Å². The van der Waals surface area contributed by atoms with Crippen LogP contribution in [0.2, 0.25) is 0 Å². The SMILES string of the molecule is [C-]#[N+]/C(C#N)=C1C=C(/C=C/c2cc3c4c(c2)C(C)(C)CCN4CCC3)OC(C(C)(C)C)=C\1. The fourth-order valence-corrected chi connectivity index (χ4v) is 4.68. The second-order valence-electron chi connectivity index (χ2n) is 10.6. The maximum absolute atomic E-state index is 9.36. The van der Waals surface area contributed by atoms with Crippen LogP contribution in [-0.2, 0) is 16.6 Å². The van der Waals surface area contributed by atoms with Crippen LogP contribution in [0.1, 0.15) is 64.2 Å². The van der Waals surface area contributed by atoms with Gasteiger partial charge in [0.1, 0.15) is 11.5 Å². The first-order valence-electron chi connectivity index (χ1n) is 11.4. The lowest BCUT2D eigenvalue weighted by atomic mass is 9.74. The van der Waals surface area contributed by atoms with E-state index >= 15 is 0 Å². The zero-order chi connectivity index (χ0) is 23.1. The third-order valence-corrected chi connectivity index (χ3v) is 6.62. The van der Waals surface area contributed by atoms with E-state index in [4.69, 9.17) is 11.3 Å². The Morgan fingerprint density at radius 1 is 1.22 bits per heavy atom. The quantitative estimate of drug-likeness (QED) is 0.392. The number of ether oxygens (including phenoxy) is 1. The van der Waals surface area contributed by atoms with Crippen LogP contribution in [0.3, 0.4) is 0 Å². The predicted molar refractivity (Wildman–Crippen MR) is 130 cm³/mol. The first kappa shape index (κ1) is 22.0. The molecule has 0 unspecified atom stereocenters. The van der Waals surface area contributed by atoms with Crippen LogP contribution in [0, 0.1) is 23.3 Å². The molecule has 0 fully saturated rings. The van der Waals surface area contributed by atoms with Crippen molar-refractivity contribution in [1.82, 2.24) is 0 Å². The summed E-state index contributed by atoms with van der Waals surface area (Å²) in [5.41, 5.74) is 6.13. The molecule has 4 heteroatoms. The highest BCUT2D eigenvalue weighted by Gasteiger charge is 2.34. The molecule has 164 valence electrons. The molecule has 3 aliphatic heterocycles. The Kier molecular flexibility index (Phi) is 5.51. The molecule has 0 radical (unpaired) electrons. The Hall–Kier alpha value is -3.24. The van der Waals surface area contributed by atoms with Gasteiger partial charge in [-0.1, -0.05) is 40.7 Å². The monoisotopic (exact) mass is 425 g/mol. The van der Waals surface area contributed by atoms with Crippen LogP contribution < -0.4 is 4.90 Å². The number of benzene rings is 1. The first-order chi connectivity index (χ1) is 15.1. The van der Waals surface area contributed by atoms with Crippen LogP contribution in [0.25, 0.3) is 10.9 Å². The molecule has 1 aromatic carbocycles. The molecule has 0 aliphatic carbocycles. The van der Waals surface area contributed by atoms with Crippen LogP contribution in [0.5, 0.6) is 0 Å². The summed E-state index contributed by atoms with van der Waals surface area (Å²) in [4.78, 5) is 5.96. The zero-order valence-corrected chi connectivity index (χ0v) is 19.7. The van der Waals surface area contributed by atoms with Crippen molar-refractivity contribution in [2.45, 2.75) is 59.3 Å². The second-order valence-corrected chi connectivity index (χ2v) is 10.6. The molecule has 3 aliphatic rings. The smallest absolute Gasteiger partial charge is 0.269 e. The van der Waals surface area contributed by atoms with Gasteiger partial charge in [0.2, 0.25) is 0 Å². The summed E-state index contributed by atoms with van der Waals surface area (Å²) >= 11 is 0. The number of aryl methyl sites for hydroxylation is 1. The minimum absolute atomic E-state index is 0.0843. The summed E-state index contributed by atoms with van der Waals surface area (Å²) < 4.78 is 6.16. The molecule has 3 heterocycles. The summed E-state index contributed by atoms with van der Waals surface area (Å²) in [6.07, 6.45) is 11.2. The molecular formula is C28H31N3O. The molecule has 0 atom stereocenters. The Labute approximate surface area is 192 Å². The van der Waals surface area contributed by atoms with Gasteiger partial charge in [-0.25, -0.2) is 10.1 Å². The van der Waals surface area contributed by atoms with Crippen LogP contribution >= 0.6 is 0 Å². The van der Waals surface area contributed by atoms with Gasteiger partial charge in [0, 0.05) is 24.2 Å². The van der Waals surface area contributed by atoms with Gasteiger partial charge in [-0.3, -0.25) is 0 Å². The molecule has 0 saturated carbocycles. The van der Waals surface area contributed by atoms with E-state index in [0.717, 1.165) is 25.3 Å². The standard InChI is InChI=1S/C28H31N3O/c1-27(2,3)25-17-21(24(18-29)30-6)16-22(32-25)10-9-19-14-20-8-7-12-31-13-11-28(4,5)23(15-19)26(20)31/h9-10,14-17H,7-8,11-13H2,1-5H3/b10-9+,24-21+. The molecular weight excluding hydrogens is 394 g/mol. The van der Waals surface area contributed by atoms with Crippen molar-refractivity contribution in [3.63, 3.8) is 0 Å². The van der Waals surface area contributed by atoms with Gasteiger partial charge < -0.3 is 9.64 Å². The van der Waals surface area contributed by atoms with E-state index in [9.17, 15) is 5.26 Å². The molecule has 0 spiro atoms. The van der Waals surface area contributed by atoms with E-state index < -0.39 is 0 Å². The highest BCUT2D eigenvalue weighted by atomic mass is 16.5. The molecule has 4 rings (SSSR count). The number of hydrogen-bond acceptors (Lipinski definition) is 3. The molecule has 1 aromatic rings. The largest absolute Gasteiger partial charge is 0.461 e. The predicted octanol–water partition coefficient (Wildman–Crippen LogP) is 6.67. The maximum atomic E-state index is 9.36. The number of allylic oxidation sites excluding steroid dienone is 6. The number of nitriles is 1. The van der Waals surface area contributed by atoms with Gasteiger partial charge in [-0.15, -0.1) is 0 Å². The van der Waals surface area contributed by atoms with Crippen molar-refractivity contribution >= 4 is 11.8 Å². The summed E-state index contributed by atoms with van der Waals surface area (Å²) in [6, 6.07) is 6.64. The maximum Gasteiger partial charge on any atom is 0.269 e. The van der Waals surface area contributed by atoms with E-state index in [1.54, 1.807) is 6.08 Å². The van der Waals surface area contributed by atoms with Crippen LogP contribution in [-0.4, -0.2) is 13.1 Å². The van der Waals surface area contributed by atoms with Crippen molar-refractivity contribution in [3.8, 4) is 6.07 Å². The third-order valence-electron chi connectivity index (χ3n) is 6.62. The topological polar surface area (TPSA) is 40.6 Å². The summed E-state index contributed by atoms with van der Waals surface area (Å²) in [7, 11) is 0. The number of nitrogens with zero attached hydrogens (tertiary/aromatic N) is 3. The van der Waals surface area contributed by atoms with Gasteiger partial charge in [-0.05, 0) is 77.3 Å². The molecule has 0 N–H and O–H groups in total. The fraction of sp³-hybridized carbons (Fsp3) is 0.429. The first-order valence-corrected chi connectivity index (χ1v) is 11.4. The van der Waals surface area contributed by atoms with Crippen molar-refractivity contribution in [2.75, 3.05) is 18.0 Å². The lowest BCUT2D eigenvalue weighted by Gasteiger charge is -2.44. The van der Waals surface area contributed by atoms with Crippen molar-refractivity contribution in [2.24, 2.45) is 5.41 Å². The van der Waals surface area contributed by atoms with E-state index in [1.807, 2.05) is 18.2 Å². The summed E-state index contributed by atoms with van der Waals surface area (Å²) in [5.74, 6) is 1.40. The normalized spacial score (nSPS) is 21.0. The lowest BCUT2D eigenvalue weighted by Crippen LogP contribution is -2.40. The molecule has 0 amide bonds. The molecule has 0 saturated heterocycles. The van der Waals surface area contributed by atoms with E-state index in [0.29, 0.717) is 11.3 Å². The Balaban J connectivity index is 1.73. The van der Waals surface area contributed by atoms with E-state index in [1.165, 1.54) is 35.2 Å². The average molecular weight is 426 g/mol. The fourth-order valence-electron chi connectivity index (χ4n) is 4.68. The number of rotatable bonds is 2. The van der Waals surface area contributed by atoms with Crippen molar-refractivity contribution in [3.05, 3.63) is 81.3 Å². The van der Waals surface area contributed by atoms with Gasteiger partial charge in [0.25, 0.3) is 5.70 Å². The average Bonchev–Trinajstić information content (AvgIpc) is 2.75. The minimum Gasteiger partial charge on any atom is -0.461 e. The molecule has 32 heavy (non-hydrogen) atoms.